The molecule has 0 fully saturated rings. The molecule has 1 aromatic heterocycles. The van der Waals surface area contributed by atoms with Crippen molar-refractivity contribution in [3.63, 3.8) is 0 Å². The van der Waals surface area contributed by atoms with Gasteiger partial charge in [-0.25, -0.2) is 13.1 Å². The predicted octanol–water partition coefficient (Wildman–Crippen LogP) is 3.36. The summed E-state index contributed by atoms with van der Waals surface area (Å²) in [6, 6.07) is 13.8. The van der Waals surface area contributed by atoms with Gasteiger partial charge in [0.05, 0.1) is 19.1 Å². The normalized spacial score (nSPS) is 12.9. The molecule has 0 spiro atoms. The summed E-state index contributed by atoms with van der Waals surface area (Å²) in [5, 5.41) is 0.998. The molecule has 7 heteroatoms. The van der Waals surface area contributed by atoms with E-state index in [2.05, 4.69) is 4.72 Å². The number of sulfonamides is 1. The monoisotopic (exact) mass is 375 g/mol. The van der Waals surface area contributed by atoms with Crippen molar-refractivity contribution in [1.82, 2.24) is 4.72 Å². The summed E-state index contributed by atoms with van der Waals surface area (Å²) < 4.78 is 44.0. The van der Waals surface area contributed by atoms with Gasteiger partial charge in [0.15, 0.2) is 11.5 Å². The maximum absolute atomic E-state index is 12.6. The lowest BCUT2D eigenvalue weighted by atomic mass is 10.2. The minimum absolute atomic E-state index is 0.117. The van der Waals surface area contributed by atoms with Gasteiger partial charge in [-0.2, -0.15) is 0 Å². The lowest BCUT2D eigenvalue weighted by Gasteiger charge is -2.14. The molecule has 1 N–H and O–H groups in total. The number of hydrogen-bond donors (Lipinski definition) is 1. The number of nitrogens with one attached hydrogen (secondary N) is 1. The van der Waals surface area contributed by atoms with Gasteiger partial charge in [-0.05, 0) is 31.2 Å². The van der Waals surface area contributed by atoms with Crippen LogP contribution in [0.25, 0.3) is 11.0 Å². The van der Waals surface area contributed by atoms with E-state index < -0.39 is 10.0 Å². The van der Waals surface area contributed by atoms with Crippen LogP contribution in [0.5, 0.6) is 11.5 Å². The van der Waals surface area contributed by atoms with E-state index in [4.69, 9.17) is 13.9 Å². The Labute approximate surface area is 152 Å². The van der Waals surface area contributed by atoms with E-state index in [9.17, 15) is 8.42 Å². The minimum Gasteiger partial charge on any atom is -0.493 e. The maximum Gasteiger partial charge on any atom is 0.240 e. The van der Waals surface area contributed by atoms with Crippen LogP contribution in [0, 0.1) is 0 Å². The van der Waals surface area contributed by atoms with E-state index in [1.54, 1.807) is 13.0 Å². The van der Waals surface area contributed by atoms with Gasteiger partial charge in [-0.1, -0.05) is 18.2 Å². The number of benzene rings is 2. The Morgan fingerprint density at radius 1 is 1.04 bits per heavy atom. The molecular formula is C19H21NO5S. The van der Waals surface area contributed by atoms with Gasteiger partial charge in [0.1, 0.15) is 11.3 Å². The molecule has 0 saturated carbocycles. The second kappa shape index (κ2) is 7.39. The largest absolute Gasteiger partial charge is 0.493 e. The number of furan rings is 1. The van der Waals surface area contributed by atoms with Crippen molar-refractivity contribution in [1.29, 1.82) is 0 Å². The summed E-state index contributed by atoms with van der Waals surface area (Å²) in [6.45, 7) is 1.80. The van der Waals surface area contributed by atoms with Crippen LogP contribution in [0.2, 0.25) is 0 Å². The standard InChI is InChI=1S/C19H21NO5S/c1-13(10-15-11-14-6-4-5-7-17(14)25-15)20-26(21,22)16-8-9-18(23-2)19(12-16)24-3/h4-9,11-13,20H,10H2,1-3H3. The molecule has 138 valence electrons. The Balaban J connectivity index is 1.76. The first-order chi connectivity index (χ1) is 12.4. The highest BCUT2D eigenvalue weighted by molar-refractivity contribution is 7.89. The lowest BCUT2D eigenvalue weighted by molar-refractivity contribution is 0.354. The third-order valence-electron chi connectivity index (χ3n) is 4.01. The number of fused-ring (bicyclic) bond motifs is 1. The van der Waals surface area contributed by atoms with Gasteiger partial charge < -0.3 is 13.9 Å². The molecule has 6 nitrogen and oxygen atoms in total. The molecule has 3 aromatic rings. The molecule has 1 unspecified atom stereocenters. The minimum atomic E-state index is -3.69. The molecule has 0 radical (unpaired) electrons. The van der Waals surface area contributed by atoms with Gasteiger partial charge >= 0.3 is 0 Å². The summed E-state index contributed by atoms with van der Waals surface area (Å²) in [7, 11) is -0.731. The van der Waals surface area contributed by atoms with Crippen LogP contribution in [0.4, 0.5) is 0 Å². The summed E-state index contributed by atoms with van der Waals surface area (Å²) in [4.78, 5) is 0.117. The molecule has 0 amide bonds. The highest BCUT2D eigenvalue weighted by Crippen LogP contribution is 2.29. The topological polar surface area (TPSA) is 77.8 Å². The SMILES string of the molecule is COc1ccc(S(=O)(=O)NC(C)Cc2cc3ccccc3o2)cc1OC. The molecular weight excluding hydrogens is 354 g/mol. The predicted molar refractivity (Wildman–Crippen MR) is 99.2 cm³/mol. The quantitative estimate of drug-likeness (QED) is 0.685. The van der Waals surface area contributed by atoms with Gasteiger partial charge in [0.25, 0.3) is 0 Å². The highest BCUT2D eigenvalue weighted by atomic mass is 32.2. The third kappa shape index (κ3) is 3.84. The average molecular weight is 375 g/mol. The van der Waals surface area contributed by atoms with E-state index in [1.807, 2.05) is 30.3 Å². The van der Waals surface area contributed by atoms with Crippen molar-refractivity contribution in [2.24, 2.45) is 0 Å². The van der Waals surface area contributed by atoms with Gasteiger partial charge in [0.2, 0.25) is 10.0 Å². The van der Waals surface area contributed by atoms with Crippen molar-refractivity contribution in [3.8, 4) is 11.5 Å². The first-order valence-corrected chi connectivity index (χ1v) is 9.63. The molecule has 26 heavy (non-hydrogen) atoms. The molecule has 0 saturated heterocycles. The lowest BCUT2D eigenvalue weighted by Crippen LogP contribution is -2.34. The molecule has 3 rings (SSSR count). The van der Waals surface area contributed by atoms with Crippen molar-refractivity contribution < 1.29 is 22.3 Å². The van der Waals surface area contributed by atoms with Gasteiger partial charge in [0, 0.05) is 23.9 Å². The summed E-state index contributed by atoms with van der Waals surface area (Å²) >= 11 is 0. The Morgan fingerprint density at radius 3 is 2.46 bits per heavy atom. The smallest absolute Gasteiger partial charge is 0.240 e. The molecule has 2 aromatic carbocycles. The fraction of sp³-hybridized carbons (Fsp3) is 0.263. The van der Waals surface area contributed by atoms with Crippen molar-refractivity contribution in [2.45, 2.75) is 24.3 Å². The van der Waals surface area contributed by atoms with Crippen LogP contribution >= 0.6 is 0 Å². The average Bonchev–Trinajstić information content (AvgIpc) is 3.02. The van der Waals surface area contributed by atoms with Crippen molar-refractivity contribution >= 4 is 21.0 Å². The fourth-order valence-corrected chi connectivity index (χ4v) is 4.06. The van der Waals surface area contributed by atoms with E-state index in [-0.39, 0.29) is 10.9 Å². The van der Waals surface area contributed by atoms with E-state index >= 15 is 0 Å². The number of methoxy groups -OCH3 is 2. The van der Waals surface area contributed by atoms with Crippen LogP contribution in [0.15, 0.2) is 57.8 Å². The zero-order chi connectivity index (χ0) is 18.7. The Morgan fingerprint density at radius 2 is 1.77 bits per heavy atom. The number of hydrogen-bond acceptors (Lipinski definition) is 5. The second-order valence-corrected chi connectivity index (χ2v) is 7.71. The van der Waals surface area contributed by atoms with Crippen molar-refractivity contribution in [3.05, 3.63) is 54.3 Å². The zero-order valence-electron chi connectivity index (χ0n) is 14.9. The van der Waals surface area contributed by atoms with E-state index in [0.717, 1.165) is 16.7 Å². The maximum atomic E-state index is 12.6. The first-order valence-electron chi connectivity index (χ1n) is 8.15. The number of para-hydroxylation sites is 1. The molecule has 0 aliphatic carbocycles. The zero-order valence-corrected chi connectivity index (χ0v) is 15.7. The molecule has 1 heterocycles. The Hall–Kier alpha value is -2.51. The van der Waals surface area contributed by atoms with E-state index in [0.29, 0.717) is 17.9 Å². The third-order valence-corrected chi connectivity index (χ3v) is 5.59. The molecule has 1 atom stereocenters. The Kier molecular flexibility index (Phi) is 5.20. The van der Waals surface area contributed by atoms with Crippen LogP contribution in [0.3, 0.4) is 0 Å². The fourth-order valence-electron chi connectivity index (χ4n) is 2.80. The summed E-state index contributed by atoms with van der Waals surface area (Å²) in [5.41, 5.74) is 0.789. The van der Waals surface area contributed by atoms with Gasteiger partial charge in [-0.3, -0.25) is 0 Å². The van der Waals surface area contributed by atoms with Gasteiger partial charge in [-0.15, -0.1) is 0 Å². The number of rotatable bonds is 7. The highest BCUT2D eigenvalue weighted by Gasteiger charge is 2.20. The molecule has 0 aliphatic rings. The first kappa shape index (κ1) is 18.3. The second-order valence-electron chi connectivity index (χ2n) is 5.99. The van der Waals surface area contributed by atoms with Crippen molar-refractivity contribution in [2.75, 3.05) is 14.2 Å². The molecule has 0 aliphatic heterocycles. The van der Waals surface area contributed by atoms with E-state index in [1.165, 1.54) is 26.4 Å². The molecule has 0 bridgehead atoms. The summed E-state index contributed by atoms with van der Waals surface area (Å²) in [6.07, 6.45) is 0.446. The van der Waals surface area contributed by atoms with Crippen LogP contribution in [-0.2, 0) is 16.4 Å². The number of ether oxygens (including phenoxy) is 2. The van der Waals surface area contributed by atoms with Crippen LogP contribution < -0.4 is 14.2 Å². The van der Waals surface area contributed by atoms with Crippen LogP contribution in [-0.4, -0.2) is 28.7 Å². The summed E-state index contributed by atoms with van der Waals surface area (Å²) in [5.74, 6) is 1.57. The Bertz CT molecular complexity index is 977. The van der Waals surface area contributed by atoms with Crippen LogP contribution in [0.1, 0.15) is 12.7 Å².